The van der Waals surface area contributed by atoms with Crippen LogP contribution in [0.15, 0.2) is 64.8 Å². The third-order valence-electron chi connectivity index (χ3n) is 5.06. The van der Waals surface area contributed by atoms with E-state index in [1.807, 2.05) is 29.2 Å². The third-order valence-corrected chi connectivity index (χ3v) is 5.06. The Morgan fingerprint density at radius 1 is 1.17 bits per heavy atom. The molecule has 0 amide bonds. The third kappa shape index (κ3) is 4.83. The Bertz CT molecular complexity index is 897. The molecule has 3 aromatic rings. The van der Waals surface area contributed by atoms with E-state index in [1.165, 1.54) is 5.56 Å². The number of hydrogen-bond donors (Lipinski definition) is 1. The molecule has 0 radical (unpaired) electrons. The second-order valence-corrected chi connectivity index (χ2v) is 7.02. The number of hydrogen-bond acceptors (Lipinski definition) is 5. The Balaban J connectivity index is 1.41. The van der Waals surface area contributed by atoms with Crippen LogP contribution < -0.4 is 5.32 Å². The lowest BCUT2D eigenvalue weighted by atomic mass is 10.2. The number of rotatable bonds is 6. The summed E-state index contributed by atoms with van der Waals surface area (Å²) in [7, 11) is 0. The molecule has 0 aliphatic carbocycles. The number of aliphatic imine (C=N–C) groups is 1. The van der Waals surface area contributed by atoms with Crippen molar-refractivity contribution in [2.75, 3.05) is 32.7 Å². The summed E-state index contributed by atoms with van der Waals surface area (Å²) in [5.74, 6) is 0.967. The van der Waals surface area contributed by atoms with Gasteiger partial charge in [-0.2, -0.15) is 0 Å². The molecule has 1 saturated heterocycles. The highest BCUT2D eigenvalue weighted by Crippen LogP contribution is 2.15. The molecule has 8 nitrogen and oxygen atoms in total. The number of guanidine groups is 1. The molecule has 152 valence electrons. The summed E-state index contributed by atoms with van der Waals surface area (Å²) in [4.78, 5) is 13.8. The zero-order valence-electron chi connectivity index (χ0n) is 16.7. The number of para-hydroxylation sites is 1. The first kappa shape index (κ1) is 19.2. The minimum Gasteiger partial charge on any atom is -0.364 e. The Morgan fingerprint density at radius 2 is 2.03 bits per heavy atom. The molecule has 4 rings (SSSR count). The highest BCUT2D eigenvalue weighted by molar-refractivity contribution is 5.80. The summed E-state index contributed by atoms with van der Waals surface area (Å²) in [6.07, 6.45) is 7.20. The van der Waals surface area contributed by atoms with Crippen molar-refractivity contribution in [1.29, 1.82) is 0 Å². The van der Waals surface area contributed by atoms with Crippen LogP contribution >= 0.6 is 0 Å². The Morgan fingerprint density at radius 3 is 2.76 bits per heavy atom. The second-order valence-electron chi connectivity index (χ2n) is 7.02. The topological polar surface area (TPSA) is 74.7 Å². The highest BCUT2D eigenvalue weighted by atomic mass is 16.5. The average Bonchev–Trinajstić information content (AvgIpc) is 3.46. The number of piperazine rings is 1. The summed E-state index contributed by atoms with van der Waals surface area (Å²) in [5, 5.41) is 7.46. The molecule has 0 saturated carbocycles. The van der Waals surface area contributed by atoms with Crippen LogP contribution in [0.25, 0.3) is 5.69 Å². The van der Waals surface area contributed by atoms with Gasteiger partial charge in [0.15, 0.2) is 5.96 Å². The van der Waals surface area contributed by atoms with E-state index < -0.39 is 0 Å². The fraction of sp³-hybridized carbons (Fsp3) is 0.381. The molecule has 1 aliphatic heterocycles. The predicted molar refractivity (Wildman–Crippen MR) is 112 cm³/mol. The molecule has 0 bridgehead atoms. The number of imidazole rings is 1. The van der Waals surface area contributed by atoms with E-state index in [2.05, 4.69) is 50.4 Å². The van der Waals surface area contributed by atoms with Crippen LogP contribution in [0, 0.1) is 0 Å². The van der Waals surface area contributed by atoms with Gasteiger partial charge in [-0.05, 0) is 18.6 Å². The predicted octanol–water partition coefficient (Wildman–Crippen LogP) is 2.14. The lowest BCUT2D eigenvalue weighted by molar-refractivity contribution is 0.169. The average molecular weight is 393 g/mol. The molecule has 1 fully saturated rings. The highest BCUT2D eigenvalue weighted by Gasteiger charge is 2.20. The summed E-state index contributed by atoms with van der Waals surface area (Å²) in [6, 6.07) is 10.2. The maximum Gasteiger partial charge on any atom is 0.194 e. The number of nitrogens with one attached hydrogen (secondary N) is 1. The van der Waals surface area contributed by atoms with Crippen LogP contribution in [0.5, 0.6) is 0 Å². The summed E-state index contributed by atoms with van der Waals surface area (Å²) in [6.45, 7) is 8.23. The van der Waals surface area contributed by atoms with Gasteiger partial charge in [0.05, 0.1) is 24.3 Å². The lowest BCUT2D eigenvalue weighted by Gasteiger charge is -2.36. The van der Waals surface area contributed by atoms with Crippen LogP contribution in [-0.4, -0.2) is 63.2 Å². The van der Waals surface area contributed by atoms with Crippen LogP contribution in [0.1, 0.15) is 18.2 Å². The van der Waals surface area contributed by atoms with Crippen LogP contribution in [-0.2, 0) is 13.1 Å². The van der Waals surface area contributed by atoms with E-state index in [0.29, 0.717) is 6.54 Å². The van der Waals surface area contributed by atoms with Crippen molar-refractivity contribution in [3.8, 4) is 5.69 Å². The quantitative estimate of drug-likeness (QED) is 0.511. The minimum atomic E-state index is 0.621. The fourth-order valence-electron chi connectivity index (χ4n) is 3.55. The van der Waals surface area contributed by atoms with Crippen molar-refractivity contribution in [3.05, 3.63) is 66.6 Å². The SMILES string of the molecule is CCNC(=NCc1ccccc1-n1ccnc1)N1CCN(Cc2ccon2)CC1. The van der Waals surface area contributed by atoms with Crippen molar-refractivity contribution < 1.29 is 4.52 Å². The van der Waals surface area contributed by atoms with Crippen molar-refractivity contribution in [3.63, 3.8) is 0 Å². The lowest BCUT2D eigenvalue weighted by Crippen LogP contribution is -2.52. The monoisotopic (exact) mass is 393 g/mol. The molecule has 1 N–H and O–H groups in total. The second kappa shape index (κ2) is 9.38. The first-order chi connectivity index (χ1) is 14.3. The van der Waals surface area contributed by atoms with Crippen molar-refractivity contribution in [1.82, 2.24) is 29.8 Å². The Hall–Kier alpha value is -3.13. The first-order valence-corrected chi connectivity index (χ1v) is 10.0. The van der Waals surface area contributed by atoms with Crippen LogP contribution in [0.2, 0.25) is 0 Å². The van der Waals surface area contributed by atoms with Crippen LogP contribution in [0.3, 0.4) is 0 Å². The van der Waals surface area contributed by atoms with Gasteiger partial charge in [-0.25, -0.2) is 9.98 Å². The van der Waals surface area contributed by atoms with E-state index in [0.717, 1.165) is 56.6 Å². The van der Waals surface area contributed by atoms with E-state index in [1.54, 1.807) is 12.5 Å². The van der Waals surface area contributed by atoms with E-state index >= 15 is 0 Å². The molecular formula is C21H27N7O. The molecule has 0 unspecified atom stereocenters. The van der Waals surface area contributed by atoms with Crippen molar-refractivity contribution in [2.24, 2.45) is 4.99 Å². The summed E-state index contributed by atoms with van der Waals surface area (Å²) < 4.78 is 6.96. The maximum atomic E-state index is 4.94. The number of aromatic nitrogens is 3. The molecule has 2 aromatic heterocycles. The molecular weight excluding hydrogens is 366 g/mol. The zero-order chi connectivity index (χ0) is 19.9. The molecule has 0 atom stereocenters. The zero-order valence-corrected chi connectivity index (χ0v) is 16.7. The van der Waals surface area contributed by atoms with Gasteiger partial charge in [0.2, 0.25) is 0 Å². The van der Waals surface area contributed by atoms with Gasteiger partial charge < -0.3 is 19.3 Å². The molecule has 8 heteroatoms. The fourth-order valence-corrected chi connectivity index (χ4v) is 3.55. The normalized spacial score (nSPS) is 15.6. The van der Waals surface area contributed by atoms with Gasteiger partial charge in [-0.3, -0.25) is 4.90 Å². The Kier molecular flexibility index (Phi) is 6.21. The summed E-state index contributed by atoms with van der Waals surface area (Å²) >= 11 is 0. The van der Waals surface area contributed by atoms with E-state index in [4.69, 9.17) is 9.52 Å². The van der Waals surface area contributed by atoms with Gasteiger partial charge in [0.25, 0.3) is 0 Å². The minimum absolute atomic E-state index is 0.621. The van der Waals surface area contributed by atoms with E-state index in [-0.39, 0.29) is 0 Å². The van der Waals surface area contributed by atoms with Gasteiger partial charge in [0, 0.05) is 57.7 Å². The molecule has 0 spiro atoms. The standard InChI is InChI=1S/C21H27N7O/c1-2-23-21(27-12-10-26(11-13-27)16-19-7-14-29-25-19)24-15-18-5-3-4-6-20(18)28-9-8-22-17-28/h3-9,14,17H,2,10-13,15-16H2,1H3,(H,23,24). The Labute approximate surface area is 170 Å². The van der Waals surface area contributed by atoms with E-state index in [9.17, 15) is 0 Å². The largest absolute Gasteiger partial charge is 0.364 e. The maximum absolute atomic E-state index is 4.94. The molecule has 1 aliphatic rings. The summed E-state index contributed by atoms with van der Waals surface area (Å²) in [5.41, 5.74) is 3.27. The first-order valence-electron chi connectivity index (χ1n) is 10.0. The number of nitrogens with zero attached hydrogens (tertiary/aromatic N) is 6. The van der Waals surface area contributed by atoms with Gasteiger partial charge >= 0.3 is 0 Å². The van der Waals surface area contributed by atoms with Gasteiger partial charge in [-0.1, -0.05) is 23.4 Å². The smallest absolute Gasteiger partial charge is 0.194 e. The molecule has 1 aromatic carbocycles. The van der Waals surface area contributed by atoms with Crippen LogP contribution in [0.4, 0.5) is 0 Å². The van der Waals surface area contributed by atoms with Gasteiger partial charge in [-0.15, -0.1) is 0 Å². The molecule has 29 heavy (non-hydrogen) atoms. The van der Waals surface area contributed by atoms with Crippen molar-refractivity contribution >= 4 is 5.96 Å². The molecule has 3 heterocycles. The van der Waals surface area contributed by atoms with Crippen molar-refractivity contribution in [2.45, 2.75) is 20.0 Å². The number of benzene rings is 1. The van der Waals surface area contributed by atoms with Gasteiger partial charge in [0.1, 0.15) is 6.26 Å².